The number of hydrogen-bond donors (Lipinski definition) is 1. The molecule has 1 N–H and O–H groups in total. The van der Waals surface area contributed by atoms with Crippen LogP contribution in [-0.2, 0) is 4.79 Å². The summed E-state index contributed by atoms with van der Waals surface area (Å²) in [7, 11) is 0. The van der Waals surface area contributed by atoms with Crippen LogP contribution in [0.1, 0.15) is 42.1 Å². The van der Waals surface area contributed by atoms with Gasteiger partial charge in [0.15, 0.2) is 5.78 Å². The maximum Gasteiger partial charge on any atom is 0.303 e. The van der Waals surface area contributed by atoms with Gasteiger partial charge in [-0.2, -0.15) is 0 Å². The molecule has 4 heteroatoms. The number of ketones is 1. The highest BCUT2D eigenvalue weighted by molar-refractivity contribution is 5.98. The van der Waals surface area contributed by atoms with Crippen LogP contribution < -0.4 is 4.74 Å². The third-order valence-corrected chi connectivity index (χ3v) is 2.54. The average Bonchev–Trinajstić information content (AvgIpc) is 2.33. The summed E-state index contributed by atoms with van der Waals surface area (Å²) >= 11 is 0. The fraction of sp³-hybridized carbons (Fsp3) is 0.429. The average molecular weight is 250 g/mol. The molecule has 0 amide bonds. The van der Waals surface area contributed by atoms with Crippen LogP contribution in [0.3, 0.4) is 0 Å². The highest BCUT2D eigenvalue weighted by Crippen LogP contribution is 2.19. The Hall–Kier alpha value is -1.84. The lowest BCUT2D eigenvalue weighted by Gasteiger charge is -2.08. The Morgan fingerprint density at radius 1 is 1.28 bits per heavy atom. The molecule has 98 valence electrons. The van der Waals surface area contributed by atoms with Gasteiger partial charge in [-0.05, 0) is 37.1 Å². The molecule has 1 rings (SSSR count). The number of rotatable bonds is 7. The number of aliphatic carboxylic acids is 1. The topological polar surface area (TPSA) is 63.6 Å². The SMILES string of the molecule is CCCOc1ccc(C(=O)CCC(=O)O)c(C)c1. The summed E-state index contributed by atoms with van der Waals surface area (Å²) in [6.45, 7) is 4.50. The van der Waals surface area contributed by atoms with Crippen LogP contribution in [0.4, 0.5) is 0 Å². The zero-order valence-corrected chi connectivity index (χ0v) is 10.7. The number of carbonyl (C=O) groups is 2. The molecule has 0 aliphatic heterocycles. The lowest BCUT2D eigenvalue weighted by atomic mass is 10.0. The Kier molecular flexibility index (Phi) is 5.36. The predicted octanol–water partition coefficient (Wildman–Crippen LogP) is 2.83. The Bertz CT molecular complexity index is 437. The first-order valence-electron chi connectivity index (χ1n) is 6.03. The summed E-state index contributed by atoms with van der Waals surface area (Å²) in [6, 6.07) is 5.25. The molecule has 0 aromatic heterocycles. The van der Waals surface area contributed by atoms with Crippen LogP contribution in [0.5, 0.6) is 5.75 Å². The van der Waals surface area contributed by atoms with E-state index in [9.17, 15) is 9.59 Å². The van der Waals surface area contributed by atoms with Crippen molar-refractivity contribution in [1.82, 2.24) is 0 Å². The summed E-state index contributed by atoms with van der Waals surface area (Å²) in [5, 5.41) is 8.55. The largest absolute Gasteiger partial charge is 0.494 e. The van der Waals surface area contributed by atoms with Crippen LogP contribution in [0.15, 0.2) is 18.2 Å². The highest BCUT2D eigenvalue weighted by Gasteiger charge is 2.11. The van der Waals surface area contributed by atoms with E-state index in [1.165, 1.54) is 0 Å². The van der Waals surface area contributed by atoms with E-state index >= 15 is 0 Å². The second-order valence-electron chi connectivity index (χ2n) is 4.14. The second kappa shape index (κ2) is 6.79. The van der Waals surface area contributed by atoms with Crippen LogP contribution in [0, 0.1) is 6.92 Å². The van der Waals surface area contributed by atoms with Crippen LogP contribution >= 0.6 is 0 Å². The zero-order valence-electron chi connectivity index (χ0n) is 10.7. The summed E-state index contributed by atoms with van der Waals surface area (Å²) < 4.78 is 5.46. The molecule has 0 radical (unpaired) electrons. The van der Waals surface area contributed by atoms with E-state index in [4.69, 9.17) is 9.84 Å². The Balaban J connectivity index is 2.72. The standard InChI is InChI=1S/C14H18O4/c1-3-8-18-11-4-5-12(10(2)9-11)13(15)6-7-14(16)17/h4-5,9H,3,6-8H2,1-2H3,(H,16,17). The van der Waals surface area contributed by atoms with Gasteiger partial charge in [0.25, 0.3) is 0 Å². The third kappa shape index (κ3) is 4.20. The number of carbonyl (C=O) groups excluding carboxylic acids is 1. The molecule has 0 aliphatic rings. The fourth-order valence-corrected chi connectivity index (χ4v) is 1.61. The summed E-state index contributed by atoms with van der Waals surface area (Å²) in [6.07, 6.45) is 0.829. The smallest absolute Gasteiger partial charge is 0.303 e. The summed E-state index contributed by atoms with van der Waals surface area (Å²) in [4.78, 5) is 22.2. The molecule has 1 aromatic carbocycles. The van der Waals surface area contributed by atoms with E-state index in [1.807, 2.05) is 19.9 Å². The van der Waals surface area contributed by atoms with Gasteiger partial charge >= 0.3 is 5.97 Å². The van der Waals surface area contributed by atoms with Gasteiger partial charge in [0, 0.05) is 12.0 Å². The van der Waals surface area contributed by atoms with Crippen LogP contribution in [0.2, 0.25) is 0 Å². The fourth-order valence-electron chi connectivity index (χ4n) is 1.61. The normalized spacial score (nSPS) is 10.1. The molecular formula is C14H18O4. The van der Waals surface area contributed by atoms with E-state index < -0.39 is 5.97 Å². The molecule has 0 saturated carbocycles. The first-order valence-corrected chi connectivity index (χ1v) is 6.03. The number of Topliss-reactive ketones (excluding diaryl/α,β-unsaturated/α-hetero) is 1. The van der Waals surface area contributed by atoms with Crippen molar-refractivity contribution in [3.8, 4) is 5.75 Å². The maximum absolute atomic E-state index is 11.8. The Morgan fingerprint density at radius 3 is 2.56 bits per heavy atom. The van der Waals surface area contributed by atoms with E-state index in [1.54, 1.807) is 12.1 Å². The molecule has 18 heavy (non-hydrogen) atoms. The maximum atomic E-state index is 11.8. The van der Waals surface area contributed by atoms with Crippen molar-refractivity contribution in [2.75, 3.05) is 6.61 Å². The number of benzene rings is 1. The van der Waals surface area contributed by atoms with Crippen molar-refractivity contribution < 1.29 is 19.4 Å². The molecule has 0 fully saturated rings. The minimum atomic E-state index is -0.955. The lowest BCUT2D eigenvalue weighted by molar-refractivity contribution is -0.136. The van der Waals surface area contributed by atoms with Crippen LogP contribution in [0.25, 0.3) is 0 Å². The highest BCUT2D eigenvalue weighted by atomic mass is 16.5. The van der Waals surface area contributed by atoms with Gasteiger partial charge in [-0.1, -0.05) is 6.92 Å². The van der Waals surface area contributed by atoms with Crippen molar-refractivity contribution in [3.05, 3.63) is 29.3 Å². The molecule has 0 spiro atoms. The van der Waals surface area contributed by atoms with Gasteiger partial charge in [-0.15, -0.1) is 0 Å². The van der Waals surface area contributed by atoms with Gasteiger partial charge in [-0.25, -0.2) is 0 Å². The van der Waals surface area contributed by atoms with Crippen LogP contribution in [-0.4, -0.2) is 23.5 Å². The molecule has 0 atom stereocenters. The van der Waals surface area contributed by atoms with Crippen molar-refractivity contribution in [1.29, 1.82) is 0 Å². The van der Waals surface area contributed by atoms with Crippen molar-refractivity contribution in [3.63, 3.8) is 0 Å². The molecule has 0 aliphatic carbocycles. The number of aryl methyl sites for hydroxylation is 1. The summed E-state index contributed by atoms with van der Waals surface area (Å²) in [5.41, 5.74) is 1.39. The van der Waals surface area contributed by atoms with E-state index in [0.29, 0.717) is 12.2 Å². The first-order chi connectivity index (χ1) is 8.54. The molecule has 0 bridgehead atoms. The third-order valence-electron chi connectivity index (χ3n) is 2.54. The van der Waals surface area contributed by atoms with Crippen molar-refractivity contribution in [2.24, 2.45) is 0 Å². The van der Waals surface area contributed by atoms with Gasteiger partial charge < -0.3 is 9.84 Å². The molecule has 0 saturated heterocycles. The molecule has 0 unspecified atom stereocenters. The molecule has 1 aromatic rings. The summed E-state index contributed by atoms with van der Waals surface area (Å²) in [5.74, 6) is -0.357. The monoisotopic (exact) mass is 250 g/mol. The number of carboxylic acids is 1. The van der Waals surface area contributed by atoms with Crippen molar-refractivity contribution >= 4 is 11.8 Å². The van der Waals surface area contributed by atoms with E-state index in [-0.39, 0.29) is 18.6 Å². The Labute approximate surface area is 107 Å². The van der Waals surface area contributed by atoms with E-state index in [2.05, 4.69) is 0 Å². The predicted molar refractivity (Wildman–Crippen MR) is 68.2 cm³/mol. The molecule has 4 nitrogen and oxygen atoms in total. The molecular weight excluding hydrogens is 232 g/mol. The first kappa shape index (κ1) is 14.2. The van der Waals surface area contributed by atoms with Gasteiger partial charge in [0.2, 0.25) is 0 Å². The van der Waals surface area contributed by atoms with Crippen molar-refractivity contribution in [2.45, 2.75) is 33.1 Å². The molecule has 0 heterocycles. The minimum Gasteiger partial charge on any atom is -0.494 e. The number of hydrogen-bond acceptors (Lipinski definition) is 3. The number of carboxylic acid groups (broad SMARTS) is 1. The quantitative estimate of drug-likeness (QED) is 0.756. The lowest BCUT2D eigenvalue weighted by Crippen LogP contribution is -2.06. The Morgan fingerprint density at radius 2 is 2.00 bits per heavy atom. The van der Waals surface area contributed by atoms with Gasteiger partial charge in [-0.3, -0.25) is 9.59 Å². The van der Waals surface area contributed by atoms with Gasteiger partial charge in [0.1, 0.15) is 5.75 Å². The minimum absolute atomic E-state index is 0.0331. The zero-order chi connectivity index (χ0) is 13.5. The number of ether oxygens (including phenoxy) is 1. The van der Waals surface area contributed by atoms with Gasteiger partial charge in [0.05, 0.1) is 13.0 Å². The second-order valence-corrected chi connectivity index (χ2v) is 4.14. The van der Waals surface area contributed by atoms with E-state index in [0.717, 1.165) is 17.7 Å².